The highest BCUT2D eigenvalue weighted by Crippen LogP contribution is 2.34. The third kappa shape index (κ3) is 3.52. The molecular weight excluding hydrogens is 445 g/mol. The minimum absolute atomic E-state index is 0.0448. The number of fused-ring (bicyclic) bond motifs is 1. The van der Waals surface area contributed by atoms with Crippen LogP contribution in [0.25, 0.3) is 0 Å². The number of nitro groups is 1. The summed E-state index contributed by atoms with van der Waals surface area (Å²) in [7, 11) is 0. The zero-order valence-corrected chi connectivity index (χ0v) is 17.0. The van der Waals surface area contributed by atoms with Gasteiger partial charge in [-0.1, -0.05) is 35.3 Å². The minimum Gasteiger partial charge on any atom is -0.321 e. The second-order valence-electron chi connectivity index (χ2n) is 6.50. The molecule has 0 atom stereocenters. The summed E-state index contributed by atoms with van der Waals surface area (Å²) in [5.41, 5.74) is 0.00963. The van der Waals surface area contributed by atoms with E-state index in [1.54, 1.807) is 18.2 Å². The van der Waals surface area contributed by atoms with Crippen LogP contribution in [-0.2, 0) is 0 Å². The van der Waals surface area contributed by atoms with Crippen LogP contribution in [0, 0.1) is 10.1 Å². The molecule has 1 aliphatic heterocycles. The van der Waals surface area contributed by atoms with E-state index in [1.807, 2.05) is 0 Å². The highest BCUT2D eigenvalue weighted by molar-refractivity contribution is 6.44. The highest BCUT2D eigenvalue weighted by atomic mass is 35.5. The Hall–Kier alpha value is -3.75. The highest BCUT2D eigenvalue weighted by Gasteiger charge is 2.41. The van der Waals surface area contributed by atoms with Crippen LogP contribution in [0.2, 0.25) is 10.0 Å². The molecule has 1 heterocycles. The van der Waals surface area contributed by atoms with E-state index in [0.717, 1.165) is 4.90 Å². The van der Waals surface area contributed by atoms with Crippen molar-refractivity contribution in [3.63, 3.8) is 0 Å². The predicted molar refractivity (Wildman–Crippen MR) is 115 cm³/mol. The Kier molecular flexibility index (Phi) is 5.18. The molecule has 1 N–H and O–H groups in total. The summed E-state index contributed by atoms with van der Waals surface area (Å²) in [4.78, 5) is 49.3. The number of hydrogen-bond acceptors (Lipinski definition) is 5. The van der Waals surface area contributed by atoms with Crippen molar-refractivity contribution in [3.05, 3.63) is 97.5 Å². The Morgan fingerprint density at radius 3 is 2.29 bits per heavy atom. The Labute approximate surface area is 185 Å². The number of anilines is 2. The van der Waals surface area contributed by atoms with Gasteiger partial charge in [0.05, 0.1) is 31.9 Å². The number of nitrogens with zero attached hydrogens (tertiary/aromatic N) is 2. The van der Waals surface area contributed by atoms with Crippen molar-refractivity contribution < 1.29 is 19.3 Å². The molecule has 0 unspecified atom stereocenters. The molecule has 8 nitrogen and oxygen atoms in total. The van der Waals surface area contributed by atoms with E-state index in [-0.39, 0.29) is 32.4 Å². The van der Waals surface area contributed by atoms with Gasteiger partial charge in [0.2, 0.25) is 0 Å². The van der Waals surface area contributed by atoms with E-state index in [0.29, 0.717) is 5.69 Å². The molecule has 3 aromatic rings. The fourth-order valence-electron chi connectivity index (χ4n) is 3.21. The number of rotatable bonds is 4. The van der Waals surface area contributed by atoms with Crippen molar-refractivity contribution >= 4 is 58.0 Å². The number of carbonyl (C=O) groups is 3. The molecule has 10 heteroatoms. The lowest BCUT2D eigenvalue weighted by Gasteiger charge is -2.14. The fourth-order valence-corrected chi connectivity index (χ4v) is 3.56. The van der Waals surface area contributed by atoms with E-state index in [4.69, 9.17) is 23.2 Å². The van der Waals surface area contributed by atoms with Crippen LogP contribution in [0.5, 0.6) is 0 Å². The quantitative estimate of drug-likeness (QED) is 0.339. The summed E-state index contributed by atoms with van der Waals surface area (Å²) >= 11 is 12.0. The molecule has 0 spiro atoms. The minimum atomic E-state index is -0.796. The van der Waals surface area contributed by atoms with Crippen LogP contribution in [-0.4, -0.2) is 22.6 Å². The Balaban J connectivity index is 1.60. The third-order valence-corrected chi connectivity index (χ3v) is 5.50. The number of imide groups is 1. The maximum absolute atomic E-state index is 12.8. The maximum Gasteiger partial charge on any atom is 0.283 e. The number of benzene rings is 3. The number of carbonyl (C=O) groups excluding carboxylic acids is 3. The summed E-state index contributed by atoms with van der Waals surface area (Å²) < 4.78 is 0. The van der Waals surface area contributed by atoms with Gasteiger partial charge in [-0.3, -0.25) is 24.5 Å². The average Bonchev–Trinajstić information content (AvgIpc) is 3.01. The van der Waals surface area contributed by atoms with Crippen LogP contribution in [0.15, 0.2) is 60.7 Å². The molecule has 0 saturated carbocycles. The Bertz CT molecular complexity index is 1270. The van der Waals surface area contributed by atoms with Gasteiger partial charge in [0.15, 0.2) is 0 Å². The van der Waals surface area contributed by atoms with Crippen molar-refractivity contribution in [2.75, 3.05) is 10.2 Å². The normalized spacial score (nSPS) is 12.6. The molecule has 0 aromatic heterocycles. The van der Waals surface area contributed by atoms with Crippen LogP contribution in [0.3, 0.4) is 0 Å². The van der Waals surface area contributed by atoms with Gasteiger partial charge in [0, 0.05) is 11.6 Å². The first-order chi connectivity index (χ1) is 14.8. The first-order valence-corrected chi connectivity index (χ1v) is 9.57. The summed E-state index contributed by atoms with van der Waals surface area (Å²) in [5, 5.41) is 14.3. The second kappa shape index (κ2) is 7.82. The number of amides is 3. The molecule has 0 fully saturated rings. The van der Waals surface area contributed by atoms with E-state index in [1.165, 1.54) is 42.5 Å². The molecule has 0 aliphatic carbocycles. The van der Waals surface area contributed by atoms with Crippen LogP contribution in [0.1, 0.15) is 31.1 Å². The molecule has 0 bridgehead atoms. The molecule has 1 aliphatic rings. The van der Waals surface area contributed by atoms with Crippen molar-refractivity contribution in [3.8, 4) is 0 Å². The summed E-state index contributed by atoms with van der Waals surface area (Å²) in [6.07, 6.45) is 0. The second-order valence-corrected chi connectivity index (χ2v) is 7.29. The lowest BCUT2D eigenvalue weighted by Crippen LogP contribution is -2.29. The number of hydrogen-bond donors (Lipinski definition) is 1. The predicted octanol–water partition coefficient (Wildman–Crippen LogP) is 4.95. The molecule has 154 valence electrons. The molecule has 0 saturated heterocycles. The standard InChI is InChI=1S/C21H11Cl2N3O5/c22-14-4-2-5-15(18(14)23)24-19(27)11-7-9-12(10-8-11)25-20(28)13-3-1-6-16(26(30)31)17(13)21(25)29/h1-10H,(H,24,27). The lowest BCUT2D eigenvalue weighted by molar-refractivity contribution is -0.385. The van der Waals surface area contributed by atoms with Gasteiger partial charge in [-0.2, -0.15) is 0 Å². The monoisotopic (exact) mass is 455 g/mol. The molecule has 4 rings (SSSR count). The third-order valence-electron chi connectivity index (χ3n) is 4.68. The lowest BCUT2D eigenvalue weighted by atomic mass is 10.1. The SMILES string of the molecule is O=C(Nc1cccc(Cl)c1Cl)c1ccc(N2C(=O)c3cccc([N+](=O)[O-])c3C2=O)cc1. The van der Waals surface area contributed by atoms with Gasteiger partial charge in [-0.05, 0) is 42.5 Å². The van der Waals surface area contributed by atoms with Gasteiger partial charge in [-0.15, -0.1) is 0 Å². The van der Waals surface area contributed by atoms with E-state index >= 15 is 0 Å². The van der Waals surface area contributed by atoms with Crippen LogP contribution in [0.4, 0.5) is 17.1 Å². The van der Waals surface area contributed by atoms with E-state index in [9.17, 15) is 24.5 Å². The molecule has 31 heavy (non-hydrogen) atoms. The van der Waals surface area contributed by atoms with Crippen molar-refractivity contribution in [1.82, 2.24) is 0 Å². The summed E-state index contributed by atoms with van der Waals surface area (Å²) in [5.74, 6) is -1.95. The zero-order chi connectivity index (χ0) is 22.3. The average molecular weight is 456 g/mol. The van der Waals surface area contributed by atoms with Gasteiger partial charge in [-0.25, -0.2) is 4.90 Å². The largest absolute Gasteiger partial charge is 0.321 e. The number of nitrogens with one attached hydrogen (secondary N) is 1. The van der Waals surface area contributed by atoms with Gasteiger partial charge >= 0.3 is 0 Å². The van der Waals surface area contributed by atoms with E-state index < -0.39 is 28.3 Å². The summed E-state index contributed by atoms with van der Waals surface area (Å²) in [6, 6.07) is 14.3. The Morgan fingerprint density at radius 1 is 0.935 bits per heavy atom. The van der Waals surface area contributed by atoms with Crippen LogP contribution >= 0.6 is 23.2 Å². The molecule has 0 radical (unpaired) electrons. The molecule has 3 aromatic carbocycles. The van der Waals surface area contributed by atoms with Crippen molar-refractivity contribution in [2.24, 2.45) is 0 Å². The van der Waals surface area contributed by atoms with Gasteiger partial charge < -0.3 is 5.32 Å². The summed E-state index contributed by atoms with van der Waals surface area (Å²) in [6.45, 7) is 0. The molecule has 3 amide bonds. The topological polar surface area (TPSA) is 110 Å². The first-order valence-electron chi connectivity index (χ1n) is 8.81. The van der Waals surface area contributed by atoms with Crippen molar-refractivity contribution in [2.45, 2.75) is 0 Å². The van der Waals surface area contributed by atoms with E-state index in [2.05, 4.69) is 5.32 Å². The molecular formula is C21H11Cl2N3O5. The smallest absolute Gasteiger partial charge is 0.283 e. The number of nitro benzene ring substituents is 1. The van der Waals surface area contributed by atoms with Crippen molar-refractivity contribution in [1.29, 1.82) is 0 Å². The zero-order valence-electron chi connectivity index (χ0n) is 15.5. The Morgan fingerprint density at radius 2 is 1.61 bits per heavy atom. The first kappa shape index (κ1) is 20.5. The number of halogens is 2. The van der Waals surface area contributed by atoms with Gasteiger partial charge in [0.25, 0.3) is 23.4 Å². The van der Waals surface area contributed by atoms with Crippen LogP contribution < -0.4 is 10.2 Å². The fraction of sp³-hybridized carbons (Fsp3) is 0. The van der Waals surface area contributed by atoms with Gasteiger partial charge in [0.1, 0.15) is 5.56 Å². The maximum atomic E-state index is 12.8.